The van der Waals surface area contributed by atoms with Crippen molar-refractivity contribution in [2.75, 3.05) is 17.8 Å². The zero-order valence-electron chi connectivity index (χ0n) is 24.6. The fraction of sp³-hybridized carbons (Fsp3) is 0.0588. The van der Waals surface area contributed by atoms with Crippen LogP contribution in [0, 0.1) is 0 Å². The molecule has 0 fully saturated rings. The smallest absolute Gasteiger partial charge is 0.240 e. The lowest BCUT2D eigenvalue weighted by molar-refractivity contribution is 0.588. The van der Waals surface area contributed by atoms with Crippen molar-refractivity contribution in [3.8, 4) is 28.1 Å². The highest BCUT2D eigenvalue weighted by atomic mass is 32.2. The van der Waals surface area contributed by atoms with Gasteiger partial charge in [-0.3, -0.25) is 10.4 Å². The molecule has 3 aromatic carbocycles. The number of sulfonamides is 1. The average Bonchev–Trinajstić information content (AvgIpc) is 3.59. The zero-order chi connectivity index (χ0) is 31.2. The Labute approximate surface area is 261 Å². The molecule has 6 aromatic rings. The fourth-order valence-corrected chi connectivity index (χ4v) is 5.46. The van der Waals surface area contributed by atoms with Crippen LogP contribution in [0.25, 0.3) is 28.1 Å². The second-order valence-electron chi connectivity index (χ2n) is 10.0. The number of nitrogens with zero attached hydrogens (tertiary/aromatic N) is 5. The molecule has 224 valence electrons. The Kier molecular flexibility index (Phi) is 8.45. The van der Waals surface area contributed by atoms with Gasteiger partial charge >= 0.3 is 0 Å². The van der Waals surface area contributed by atoms with Gasteiger partial charge < -0.3 is 9.88 Å². The molecule has 0 aliphatic carbocycles. The number of hydrogen-bond acceptors (Lipinski definition) is 8. The third-order valence-electron chi connectivity index (χ3n) is 7.11. The van der Waals surface area contributed by atoms with E-state index in [-0.39, 0.29) is 4.90 Å². The van der Waals surface area contributed by atoms with Crippen molar-refractivity contribution in [2.45, 2.75) is 11.8 Å². The Morgan fingerprint density at radius 1 is 0.778 bits per heavy atom. The molecule has 0 saturated carbocycles. The number of aromatic nitrogens is 4. The number of benzene rings is 3. The molecule has 11 heteroatoms. The summed E-state index contributed by atoms with van der Waals surface area (Å²) < 4.78 is 28.7. The molecule has 0 unspecified atom stereocenters. The van der Waals surface area contributed by atoms with Gasteiger partial charge in [-0.15, -0.1) is 0 Å². The maximum atomic E-state index is 12.2. The minimum absolute atomic E-state index is 0.177. The fourth-order valence-electron chi connectivity index (χ4n) is 4.73. The number of para-hydroxylation sites is 1. The van der Waals surface area contributed by atoms with Gasteiger partial charge in [-0.05, 0) is 78.7 Å². The number of hydrogen-bond donors (Lipinski definition) is 3. The summed E-state index contributed by atoms with van der Waals surface area (Å²) >= 11 is 0. The molecule has 3 N–H and O–H groups in total. The van der Waals surface area contributed by atoms with Crippen molar-refractivity contribution in [1.82, 2.24) is 24.2 Å². The summed E-state index contributed by atoms with van der Waals surface area (Å²) in [4.78, 5) is 14.2. The summed E-state index contributed by atoms with van der Waals surface area (Å²) in [7, 11) is -2.16. The van der Waals surface area contributed by atoms with E-state index in [2.05, 4.69) is 25.6 Å². The van der Waals surface area contributed by atoms with Crippen molar-refractivity contribution < 1.29 is 8.42 Å². The standard InChI is InChI=1S/C34H30N8O2S/c1-24(25-13-15-30(16-14-25)45(43,44)35-2)40-41-32-31(27-9-5-3-6-10-27)33(39-34(38-32)37-29-11-7-4-8-12-29)42-22-19-28(23-42)26-17-20-36-21-18-26/h3-23,35H,1-2H3,(H2,37,38,39,41). The summed E-state index contributed by atoms with van der Waals surface area (Å²) in [6.45, 7) is 1.84. The van der Waals surface area contributed by atoms with Gasteiger partial charge in [0, 0.05) is 30.5 Å². The number of hydrazone groups is 1. The first kappa shape index (κ1) is 29.4. The quantitative estimate of drug-likeness (QED) is 0.119. The Morgan fingerprint density at radius 3 is 2.16 bits per heavy atom. The highest BCUT2D eigenvalue weighted by molar-refractivity contribution is 7.89. The van der Waals surface area contributed by atoms with E-state index in [9.17, 15) is 8.42 Å². The van der Waals surface area contributed by atoms with Crippen LogP contribution in [0.15, 0.2) is 138 Å². The first-order chi connectivity index (χ1) is 21.9. The topological polar surface area (TPSA) is 126 Å². The molecule has 0 saturated heterocycles. The van der Waals surface area contributed by atoms with Crippen LogP contribution in [0.3, 0.4) is 0 Å². The van der Waals surface area contributed by atoms with Crippen molar-refractivity contribution in [3.63, 3.8) is 0 Å². The van der Waals surface area contributed by atoms with Gasteiger partial charge in [-0.25, -0.2) is 13.1 Å². The molecule has 0 aliphatic rings. The zero-order valence-corrected chi connectivity index (χ0v) is 25.4. The second-order valence-corrected chi connectivity index (χ2v) is 11.9. The number of rotatable bonds is 10. The molecule has 45 heavy (non-hydrogen) atoms. The predicted molar refractivity (Wildman–Crippen MR) is 178 cm³/mol. The molecule has 0 amide bonds. The Morgan fingerprint density at radius 2 is 1.47 bits per heavy atom. The molecule has 0 atom stereocenters. The van der Waals surface area contributed by atoms with Crippen molar-refractivity contribution in [2.24, 2.45) is 5.10 Å². The number of pyridine rings is 1. The number of anilines is 3. The summed E-state index contributed by atoms with van der Waals surface area (Å²) in [6.07, 6.45) is 7.53. The van der Waals surface area contributed by atoms with Crippen molar-refractivity contribution in [1.29, 1.82) is 0 Å². The van der Waals surface area contributed by atoms with Gasteiger partial charge in [0.2, 0.25) is 16.0 Å². The van der Waals surface area contributed by atoms with Gasteiger partial charge in [-0.1, -0.05) is 60.7 Å². The van der Waals surface area contributed by atoms with Crippen molar-refractivity contribution in [3.05, 3.63) is 133 Å². The van der Waals surface area contributed by atoms with E-state index < -0.39 is 10.0 Å². The van der Waals surface area contributed by atoms with Crippen LogP contribution in [-0.2, 0) is 10.0 Å². The van der Waals surface area contributed by atoms with E-state index in [4.69, 9.17) is 9.97 Å². The maximum Gasteiger partial charge on any atom is 0.240 e. The van der Waals surface area contributed by atoms with E-state index in [1.165, 1.54) is 7.05 Å². The highest BCUT2D eigenvalue weighted by Gasteiger charge is 2.19. The van der Waals surface area contributed by atoms with E-state index in [1.807, 2.05) is 103 Å². The van der Waals surface area contributed by atoms with Crippen LogP contribution in [-0.4, -0.2) is 40.7 Å². The molecule has 0 bridgehead atoms. The third-order valence-corrected chi connectivity index (χ3v) is 8.54. The van der Waals surface area contributed by atoms with Crippen LogP contribution in [0.1, 0.15) is 12.5 Å². The van der Waals surface area contributed by atoms with Gasteiger partial charge in [0.1, 0.15) is 0 Å². The molecule has 0 spiro atoms. The summed E-state index contributed by atoms with van der Waals surface area (Å²) in [5.74, 6) is 1.51. The third kappa shape index (κ3) is 6.64. The van der Waals surface area contributed by atoms with E-state index >= 15 is 0 Å². The Hall–Kier alpha value is -5.65. The Bertz CT molecular complexity index is 2050. The molecule has 0 aliphatic heterocycles. The minimum Gasteiger partial charge on any atom is -0.324 e. The van der Waals surface area contributed by atoms with Gasteiger partial charge in [0.25, 0.3) is 0 Å². The molecular formula is C34H30N8O2S. The van der Waals surface area contributed by atoms with Crippen LogP contribution in [0.5, 0.6) is 0 Å². The summed E-state index contributed by atoms with van der Waals surface area (Å²) in [5, 5.41) is 7.99. The molecule has 10 nitrogen and oxygen atoms in total. The monoisotopic (exact) mass is 614 g/mol. The Balaban J connectivity index is 1.46. The van der Waals surface area contributed by atoms with Crippen molar-refractivity contribution >= 4 is 33.2 Å². The molecule has 6 rings (SSSR count). The van der Waals surface area contributed by atoms with Gasteiger partial charge in [0.15, 0.2) is 11.6 Å². The SMILES string of the molecule is CNS(=O)(=O)c1ccc(C(C)=NNc2nc(Nc3ccccc3)nc(-n3ccc(-c4ccncc4)c3)c2-c2ccccc2)cc1. The molecular weight excluding hydrogens is 584 g/mol. The second kappa shape index (κ2) is 12.9. The van der Waals surface area contributed by atoms with Crippen LogP contribution < -0.4 is 15.5 Å². The van der Waals surface area contributed by atoms with E-state index in [0.29, 0.717) is 23.3 Å². The molecule has 3 heterocycles. The lowest BCUT2D eigenvalue weighted by atomic mass is 10.1. The largest absolute Gasteiger partial charge is 0.324 e. The van der Waals surface area contributed by atoms with Crippen LogP contribution in [0.2, 0.25) is 0 Å². The summed E-state index contributed by atoms with van der Waals surface area (Å²) in [5.41, 5.74) is 9.11. The normalized spacial score (nSPS) is 11.7. The minimum atomic E-state index is -3.54. The molecule has 0 radical (unpaired) electrons. The summed E-state index contributed by atoms with van der Waals surface area (Å²) in [6, 6.07) is 32.1. The predicted octanol–water partition coefficient (Wildman–Crippen LogP) is 6.48. The number of nitrogens with one attached hydrogen (secondary N) is 3. The van der Waals surface area contributed by atoms with Gasteiger partial charge in [-0.2, -0.15) is 15.1 Å². The molecule has 3 aromatic heterocycles. The van der Waals surface area contributed by atoms with Crippen LogP contribution in [0.4, 0.5) is 17.5 Å². The average molecular weight is 615 g/mol. The lowest BCUT2D eigenvalue weighted by Gasteiger charge is -2.17. The van der Waals surface area contributed by atoms with Crippen LogP contribution >= 0.6 is 0 Å². The van der Waals surface area contributed by atoms with E-state index in [1.54, 1.807) is 36.7 Å². The first-order valence-corrected chi connectivity index (χ1v) is 15.6. The van der Waals surface area contributed by atoms with E-state index in [0.717, 1.165) is 33.5 Å². The van der Waals surface area contributed by atoms with Gasteiger partial charge in [0.05, 0.1) is 16.2 Å². The first-order valence-electron chi connectivity index (χ1n) is 14.1. The lowest BCUT2D eigenvalue weighted by Crippen LogP contribution is -2.18. The highest BCUT2D eigenvalue weighted by Crippen LogP contribution is 2.35. The maximum absolute atomic E-state index is 12.2.